The Balaban J connectivity index is 1.36. The number of fused-ring (bicyclic) bond motifs is 5. The van der Waals surface area contributed by atoms with Crippen molar-refractivity contribution >= 4 is 5.91 Å². The zero-order chi connectivity index (χ0) is 11.4. The molecule has 17 heavy (non-hydrogen) atoms. The van der Waals surface area contributed by atoms with Gasteiger partial charge in [-0.05, 0) is 55.8 Å². The lowest BCUT2D eigenvalue weighted by Gasteiger charge is -2.23. The first-order valence-corrected chi connectivity index (χ1v) is 7.65. The largest absolute Gasteiger partial charge is 0.353 e. The fourth-order valence-electron chi connectivity index (χ4n) is 5.22. The summed E-state index contributed by atoms with van der Waals surface area (Å²) in [7, 11) is 0. The molecule has 0 radical (unpaired) electrons. The molecule has 2 bridgehead atoms. The number of carbonyl (C=O) groups is 1. The average Bonchev–Trinajstić information content (AvgIpc) is 2.80. The molecule has 4 saturated carbocycles. The van der Waals surface area contributed by atoms with Gasteiger partial charge in [-0.3, -0.25) is 4.79 Å². The van der Waals surface area contributed by atoms with Crippen molar-refractivity contribution < 1.29 is 4.79 Å². The molecule has 2 heteroatoms. The molecule has 4 aliphatic carbocycles. The quantitative estimate of drug-likeness (QED) is 0.780. The van der Waals surface area contributed by atoms with Gasteiger partial charge in [0.25, 0.3) is 0 Å². The van der Waals surface area contributed by atoms with Gasteiger partial charge in [0.2, 0.25) is 5.91 Å². The maximum atomic E-state index is 12.3. The molecule has 4 fully saturated rings. The molecular formula is C15H23NO. The molecule has 4 unspecified atom stereocenters. The predicted molar refractivity (Wildman–Crippen MR) is 66.3 cm³/mol. The summed E-state index contributed by atoms with van der Waals surface area (Å²) in [4.78, 5) is 12.3. The molecule has 1 amide bonds. The lowest BCUT2D eigenvalue weighted by Crippen LogP contribution is -2.38. The molecule has 94 valence electrons. The molecule has 4 rings (SSSR count). The fourth-order valence-corrected chi connectivity index (χ4v) is 5.22. The molecule has 0 aromatic carbocycles. The summed E-state index contributed by atoms with van der Waals surface area (Å²) in [6.45, 7) is 0. The molecule has 0 aromatic heterocycles. The zero-order valence-corrected chi connectivity index (χ0v) is 10.5. The second-order valence-electron chi connectivity index (χ2n) is 6.86. The number of hydrogen-bond donors (Lipinski definition) is 1. The SMILES string of the molecule is O=C(NC1CCCCC1)C1C2C3CCC(C3)C12. The number of rotatable bonds is 2. The van der Waals surface area contributed by atoms with Crippen molar-refractivity contribution in [1.82, 2.24) is 5.32 Å². The van der Waals surface area contributed by atoms with Crippen LogP contribution < -0.4 is 5.32 Å². The van der Waals surface area contributed by atoms with Crippen LogP contribution in [0.4, 0.5) is 0 Å². The molecule has 2 nitrogen and oxygen atoms in total. The third-order valence-corrected chi connectivity index (χ3v) is 5.99. The summed E-state index contributed by atoms with van der Waals surface area (Å²) < 4.78 is 0. The summed E-state index contributed by atoms with van der Waals surface area (Å²) in [5.74, 6) is 4.31. The van der Waals surface area contributed by atoms with Crippen LogP contribution in [0.1, 0.15) is 51.4 Å². The number of amides is 1. The van der Waals surface area contributed by atoms with E-state index in [2.05, 4.69) is 5.32 Å². The van der Waals surface area contributed by atoms with Gasteiger partial charge < -0.3 is 5.32 Å². The maximum Gasteiger partial charge on any atom is 0.223 e. The van der Waals surface area contributed by atoms with Crippen molar-refractivity contribution in [3.8, 4) is 0 Å². The number of hydrogen-bond acceptors (Lipinski definition) is 1. The Morgan fingerprint density at radius 3 is 2.18 bits per heavy atom. The summed E-state index contributed by atoms with van der Waals surface area (Å²) in [5, 5.41) is 3.34. The molecule has 4 atom stereocenters. The van der Waals surface area contributed by atoms with E-state index in [9.17, 15) is 4.79 Å². The van der Waals surface area contributed by atoms with E-state index >= 15 is 0 Å². The lowest BCUT2D eigenvalue weighted by molar-refractivity contribution is -0.124. The first-order valence-electron chi connectivity index (χ1n) is 7.65. The van der Waals surface area contributed by atoms with E-state index in [1.165, 1.54) is 51.4 Å². The summed E-state index contributed by atoms with van der Waals surface area (Å²) in [6.07, 6.45) is 10.7. The third-order valence-electron chi connectivity index (χ3n) is 5.99. The van der Waals surface area contributed by atoms with Gasteiger partial charge in [0.15, 0.2) is 0 Å². The van der Waals surface area contributed by atoms with Gasteiger partial charge in [-0.2, -0.15) is 0 Å². The Kier molecular flexibility index (Phi) is 2.28. The summed E-state index contributed by atoms with van der Waals surface area (Å²) in [6, 6.07) is 0.509. The van der Waals surface area contributed by atoms with Crippen LogP contribution in [0.25, 0.3) is 0 Å². The third kappa shape index (κ3) is 1.56. The average molecular weight is 233 g/mol. The van der Waals surface area contributed by atoms with Crippen molar-refractivity contribution in [2.45, 2.75) is 57.4 Å². The highest BCUT2D eigenvalue weighted by atomic mass is 16.2. The molecule has 0 spiro atoms. The highest BCUT2D eigenvalue weighted by Crippen LogP contribution is 2.69. The van der Waals surface area contributed by atoms with E-state index in [4.69, 9.17) is 0 Å². The fraction of sp³-hybridized carbons (Fsp3) is 0.933. The van der Waals surface area contributed by atoms with Crippen molar-refractivity contribution in [1.29, 1.82) is 0 Å². The molecule has 1 N–H and O–H groups in total. The minimum Gasteiger partial charge on any atom is -0.353 e. The van der Waals surface area contributed by atoms with Gasteiger partial charge in [-0.15, -0.1) is 0 Å². The Hall–Kier alpha value is -0.530. The molecule has 4 aliphatic rings. The van der Waals surface area contributed by atoms with Gasteiger partial charge in [-0.25, -0.2) is 0 Å². The smallest absolute Gasteiger partial charge is 0.223 e. The van der Waals surface area contributed by atoms with E-state index < -0.39 is 0 Å². The van der Waals surface area contributed by atoms with Gasteiger partial charge in [-0.1, -0.05) is 19.3 Å². The lowest BCUT2D eigenvalue weighted by atomic mass is 9.95. The van der Waals surface area contributed by atoms with Gasteiger partial charge >= 0.3 is 0 Å². The first-order chi connectivity index (χ1) is 8.34. The minimum absolute atomic E-state index is 0.420. The Labute approximate surface area is 104 Å². The topological polar surface area (TPSA) is 29.1 Å². The van der Waals surface area contributed by atoms with Crippen molar-refractivity contribution in [2.24, 2.45) is 29.6 Å². The van der Waals surface area contributed by atoms with E-state index in [0.29, 0.717) is 17.9 Å². The van der Waals surface area contributed by atoms with E-state index in [0.717, 1.165) is 23.7 Å². The van der Waals surface area contributed by atoms with Crippen LogP contribution in [0.3, 0.4) is 0 Å². The predicted octanol–water partition coefficient (Wildman–Crippen LogP) is 2.73. The molecule has 0 aliphatic heterocycles. The monoisotopic (exact) mass is 233 g/mol. The van der Waals surface area contributed by atoms with E-state index in [-0.39, 0.29) is 0 Å². The van der Waals surface area contributed by atoms with Gasteiger partial charge in [0.1, 0.15) is 0 Å². The summed E-state index contributed by atoms with van der Waals surface area (Å²) >= 11 is 0. The minimum atomic E-state index is 0.420. The van der Waals surface area contributed by atoms with Crippen LogP contribution in [0.5, 0.6) is 0 Å². The summed E-state index contributed by atoms with van der Waals surface area (Å²) in [5.41, 5.74) is 0. The van der Waals surface area contributed by atoms with E-state index in [1.807, 2.05) is 0 Å². The Morgan fingerprint density at radius 2 is 1.53 bits per heavy atom. The van der Waals surface area contributed by atoms with Crippen molar-refractivity contribution in [3.05, 3.63) is 0 Å². The van der Waals surface area contributed by atoms with Crippen molar-refractivity contribution in [3.63, 3.8) is 0 Å². The Morgan fingerprint density at radius 1 is 0.882 bits per heavy atom. The van der Waals surface area contributed by atoms with Crippen molar-refractivity contribution in [2.75, 3.05) is 0 Å². The normalized spacial score (nSPS) is 47.9. The standard InChI is InChI=1S/C15H23NO/c17-15(16-11-4-2-1-3-5-11)14-12-9-6-7-10(8-9)13(12)14/h9-14H,1-8H2,(H,16,17). The van der Waals surface area contributed by atoms with Crippen LogP contribution in [-0.4, -0.2) is 11.9 Å². The van der Waals surface area contributed by atoms with Crippen LogP contribution in [0, 0.1) is 29.6 Å². The highest BCUT2D eigenvalue weighted by molar-refractivity contribution is 5.83. The molecule has 0 aromatic rings. The van der Waals surface area contributed by atoms with Crippen LogP contribution in [0.15, 0.2) is 0 Å². The van der Waals surface area contributed by atoms with Crippen LogP contribution >= 0.6 is 0 Å². The first kappa shape index (κ1) is 10.4. The second-order valence-corrected chi connectivity index (χ2v) is 6.86. The zero-order valence-electron chi connectivity index (χ0n) is 10.5. The van der Waals surface area contributed by atoms with E-state index in [1.54, 1.807) is 0 Å². The molecule has 0 heterocycles. The molecule has 0 saturated heterocycles. The van der Waals surface area contributed by atoms with Gasteiger partial charge in [0.05, 0.1) is 0 Å². The highest BCUT2D eigenvalue weighted by Gasteiger charge is 2.67. The number of nitrogens with one attached hydrogen (secondary N) is 1. The second kappa shape index (κ2) is 3.73. The Bertz CT molecular complexity index is 318. The molecular weight excluding hydrogens is 210 g/mol. The van der Waals surface area contributed by atoms with Crippen LogP contribution in [-0.2, 0) is 4.79 Å². The van der Waals surface area contributed by atoms with Crippen LogP contribution in [0.2, 0.25) is 0 Å². The maximum absolute atomic E-state index is 12.3. The van der Waals surface area contributed by atoms with Gasteiger partial charge in [0, 0.05) is 12.0 Å². The number of carbonyl (C=O) groups excluding carboxylic acids is 1.